The van der Waals surface area contributed by atoms with Crippen molar-refractivity contribution in [2.24, 2.45) is 11.8 Å². The number of tetrazole rings is 1. The van der Waals surface area contributed by atoms with E-state index in [9.17, 15) is 4.79 Å². The lowest BCUT2D eigenvalue weighted by Gasteiger charge is -2.14. The molecule has 0 spiro atoms. The fourth-order valence-electron chi connectivity index (χ4n) is 2.63. The van der Waals surface area contributed by atoms with Gasteiger partial charge in [0.1, 0.15) is 0 Å². The van der Waals surface area contributed by atoms with Crippen molar-refractivity contribution in [1.82, 2.24) is 25.5 Å². The molecule has 1 aromatic carbocycles. The van der Waals surface area contributed by atoms with E-state index < -0.39 is 0 Å². The summed E-state index contributed by atoms with van der Waals surface area (Å²) in [6.45, 7) is 0.844. The average Bonchev–Trinajstić information content (AvgIpc) is 3.45. The predicted octanol–water partition coefficient (Wildman–Crippen LogP) is 1.96. The molecule has 0 aliphatic heterocycles. The summed E-state index contributed by atoms with van der Waals surface area (Å²) in [6.07, 6.45) is 4.73. The Kier molecular flexibility index (Phi) is 3.36. The highest BCUT2D eigenvalue weighted by Crippen LogP contribution is 2.40. The van der Waals surface area contributed by atoms with E-state index in [-0.39, 0.29) is 11.9 Å². The van der Waals surface area contributed by atoms with E-state index in [4.69, 9.17) is 0 Å². The Balaban J connectivity index is 1.48. The molecule has 22 heavy (non-hydrogen) atoms. The zero-order valence-corrected chi connectivity index (χ0v) is 12.4. The number of carbonyl (C=O) groups excluding carboxylic acids is 1. The zero-order chi connectivity index (χ0) is 14.9. The van der Waals surface area contributed by atoms with Crippen LogP contribution in [0, 0.1) is 11.8 Å². The molecule has 1 heterocycles. The SMILES string of the molecule is O=C(NC(c1nnn(CC2CC2)n1)C1CC1)c1ccccc1. The topological polar surface area (TPSA) is 72.7 Å². The van der Waals surface area contributed by atoms with E-state index >= 15 is 0 Å². The minimum atomic E-state index is -0.124. The van der Waals surface area contributed by atoms with Gasteiger partial charge in [0.15, 0.2) is 5.82 Å². The van der Waals surface area contributed by atoms with E-state index in [1.54, 1.807) is 4.80 Å². The molecule has 1 unspecified atom stereocenters. The Morgan fingerprint density at radius 3 is 2.68 bits per heavy atom. The lowest BCUT2D eigenvalue weighted by Crippen LogP contribution is -2.30. The summed E-state index contributed by atoms with van der Waals surface area (Å²) >= 11 is 0. The Morgan fingerprint density at radius 1 is 1.23 bits per heavy atom. The number of nitrogens with zero attached hydrogens (tertiary/aromatic N) is 4. The molecule has 2 aliphatic rings. The van der Waals surface area contributed by atoms with Gasteiger partial charge >= 0.3 is 0 Å². The van der Waals surface area contributed by atoms with Crippen LogP contribution < -0.4 is 5.32 Å². The molecular formula is C16H19N5O. The molecule has 4 rings (SSSR count). The minimum Gasteiger partial charge on any atom is -0.342 e. The largest absolute Gasteiger partial charge is 0.342 e. The van der Waals surface area contributed by atoms with Crippen molar-refractivity contribution in [3.63, 3.8) is 0 Å². The Morgan fingerprint density at radius 2 is 2.00 bits per heavy atom. The molecule has 1 N–H and O–H groups in total. The number of rotatable bonds is 6. The van der Waals surface area contributed by atoms with Crippen molar-refractivity contribution in [3.05, 3.63) is 41.7 Å². The molecule has 0 radical (unpaired) electrons. The highest BCUT2D eigenvalue weighted by molar-refractivity contribution is 5.94. The van der Waals surface area contributed by atoms with E-state index in [1.807, 2.05) is 30.3 Å². The van der Waals surface area contributed by atoms with Gasteiger partial charge in [-0.1, -0.05) is 18.2 Å². The van der Waals surface area contributed by atoms with Gasteiger partial charge in [0.05, 0.1) is 12.6 Å². The van der Waals surface area contributed by atoms with Crippen molar-refractivity contribution >= 4 is 5.91 Å². The lowest BCUT2D eigenvalue weighted by atomic mass is 10.1. The third kappa shape index (κ3) is 3.00. The normalized spacial score (nSPS) is 18.9. The molecule has 1 aromatic heterocycles. The van der Waals surface area contributed by atoms with Gasteiger partial charge in [0.2, 0.25) is 0 Å². The van der Waals surface area contributed by atoms with Crippen LogP contribution in [0.1, 0.15) is 47.9 Å². The van der Waals surface area contributed by atoms with Crippen LogP contribution in [0.25, 0.3) is 0 Å². The second-order valence-corrected chi connectivity index (χ2v) is 6.30. The molecule has 0 bridgehead atoms. The first-order chi connectivity index (χ1) is 10.8. The van der Waals surface area contributed by atoms with Crippen LogP contribution in [-0.4, -0.2) is 26.1 Å². The highest BCUT2D eigenvalue weighted by Gasteiger charge is 2.36. The van der Waals surface area contributed by atoms with Gasteiger partial charge < -0.3 is 5.32 Å². The summed E-state index contributed by atoms with van der Waals surface area (Å²) in [4.78, 5) is 14.0. The van der Waals surface area contributed by atoms with Crippen LogP contribution in [-0.2, 0) is 6.54 Å². The number of hydrogen-bond acceptors (Lipinski definition) is 4. The smallest absolute Gasteiger partial charge is 0.251 e. The summed E-state index contributed by atoms with van der Waals surface area (Å²) in [5, 5.41) is 15.9. The molecule has 6 heteroatoms. The molecular weight excluding hydrogens is 278 g/mol. The predicted molar refractivity (Wildman–Crippen MR) is 79.9 cm³/mol. The second kappa shape index (κ2) is 5.51. The maximum absolute atomic E-state index is 12.4. The van der Waals surface area contributed by atoms with E-state index in [0.29, 0.717) is 23.2 Å². The van der Waals surface area contributed by atoms with E-state index in [1.165, 1.54) is 12.8 Å². The maximum Gasteiger partial charge on any atom is 0.251 e. The van der Waals surface area contributed by atoms with E-state index in [2.05, 4.69) is 20.7 Å². The molecule has 1 atom stereocenters. The van der Waals surface area contributed by atoms with Gasteiger partial charge in [-0.2, -0.15) is 4.80 Å². The fourth-order valence-corrected chi connectivity index (χ4v) is 2.63. The monoisotopic (exact) mass is 297 g/mol. The molecule has 2 fully saturated rings. The Bertz CT molecular complexity index is 660. The highest BCUT2D eigenvalue weighted by atomic mass is 16.1. The van der Waals surface area contributed by atoms with Gasteiger partial charge in [0.25, 0.3) is 5.91 Å². The molecule has 1 amide bonds. The van der Waals surface area contributed by atoms with Crippen LogP contribution in [0.15, 0.2) is 30.3 Å². The lowest BCUT2D eigenvalue weighted by molar-refractivity contribution is 0.0929. The van der Waals surface area contributed by atoms with Crippen molar-refractivity contribution in [1.29, 1.82) is 0 Å². The standard InChI is InChI=1S/C16H19N5O/c22-16(13-4-2-1-3-5-13)17-14(12-8-9-12)15-18-20-21(19-15)10-11-6-7-11/h1-5,11-12,14H,6-10H2,(H,17,22). The van der Waals surface area contributed by atoms with Crippen LogP contribution in [0.4, 0.5) is 0 Å². The number of carbonyl (C=O) groups is 1. The zero-order valence-electron chi connectivity index (χ0n) is 12.4. The molecule has 6 nitrogen and oxygen atoms in total. The van der Waals surface area contributed by atoms with Gasteiger partial charge in [-0.25, -0.2) is 0 Å². The van der Waals surface area contributed by atoms with E-state index in [0.717, 1.165) is 19.4 Å². The molecule has 2 aromatic rings. The summed E-state index contributed by atoms with van der Waals surface area (Å²) in [5.41, 5.74) is 0.665. The first kappa shape index (κ1) is 13.4. The quantitative estimate of drug-likeness (QED) is 0.884. The molecule has 114 valence electrons. The van der Waals surface area contributed by atoms with Crippen LogP contribution >= 0.6 is 0 Å². The third-order valence-corrected chi connectivity index (χ3v) is 4.28. The summed E-state index contributed by atoms with van der Waals surface area (Å²) < 4.78 is 0. The van der Waals surface area contributed by atoms with Crippen molar-refractivity contribution < 1.29 is 4.79 Å². The van der Waals surface area contributed by atoms with Gasteiger partial charge in [-0.3, -0.25) is 4.79 Å². The second-order valence-electron chi connectivity index (χ2n) is 6.30. The van der Waals surface area contributed by atoms with Gasteiger partial charge in [-0.05, 0) is 54.9 Å². The third-order valence-electron chi connectivity index (χ3n) is 4.28. The van der Waals surface area contributed by atoms with Crippen molar-refractivity contribution in [2.45, 2.75) is 38.3 Å². The summed E-state index contributed by atoms with van der Waals surface area (Å²) in [5.74, 6) is 1.72. The van der Waals surface area contributed by atoms with Crippen molar-refractivity contribution in [2.75, 3.05) is 0 Å². The minimum absolute atomic E-state index is 0.0731. The van der Waals surface area contributed by atoms with Crippen LogP contribution in [0.5, 0.6) is 0 Å². The summed E-state index contributed by atoms with van der Waals surface area (Å²) in [6, 6.07) is 9.14. The molecule has 2 aliphatic carbocycles. The first-order valence-electron chi connectivity index (χ1n) is 7.93. The molecule has 2 saturated carbocycles. The Labute approximate surface area is 128 Å². The average molecular weight is 297 g/mol. The maximum atomic E-state index is 12.4. The van der Waals surface area contributed by atoms with Crippen LogP contribution in [0.2, 0.25) is 0 Å². The van der Waals surface area contributed by atoms with Gasteiger partial charge in [-0.15, -0.1) is 10.2 Å². The number of aromatic nitrogens is 4. The van der Waals surface area contributed by atoms with Crippen molar-refractivity contribution in [3.8, 4) is 0 Å². The molecule has 0 saturated heterocycles. The first-order valence-corrected chi connectivity index (χ1v) is 7.93. The number of hydrogen-bond donors (Lipinski definition) is 1. The number of amides is 1. The fraction of sp³-hybridized carbons (Fsp3) is 0.500. The van der Waals surface area contributed by atoms with Crippen LogP contribution in [0.3, 0.4) is 0 Å². The number of nitrogens with one attached hydrogen (secondary N) is 1. The number of benzene rings is 1. The Hall–Kier alpha value is -2.24. The van der Waals surface area contributed by atoms with Gasteiger partial charge in [0, 0.05) is 5.56 Å². The summed E-state index contributed by atoms with van der Waals surface area (Å²) in [7, 11) is 0.